The van der Waals surface area contributed by atoms with Gasteiger partial charge in [-0.25, -0.2) is 4.39 Å². The molecule has 1 aromatic carbocycles. The molecule has 1 unspecified atom stereocenters. The van der Waals surface area contributed by atoms with Gasteiger partial charge in [-0.15, -0.1) is 0 Å². The van der Waals surface area contributed by atoms with Gasteiger partial charge < -0.3 is 9.52 Å². The summed E-state index contributed by atoms with van der Waals surface area (Å²) in [4.78, 5) is 0. The second-order valence-corrected chi connectivity index (χ2v) is 5.99. The number of rotatable bonds is 3. The summed E-state index contributed by atoms with van der Waals surface area (Å²) in [5.74, 6) is 0.925. The Hall–Kier alpha value is -1.35. The van der Waals surface area contributed by atoms with E-state index in [0.29, 0.717) is 17.3 Å². The molecule has 0 saturated heterocycles. The van der Waals surface area contributed by atoms with Gasteiger partial charge >= 0.3 is 0 Å². The summed E-state index contributed by atoms with van der Waals surface area (Å²) in [6.07, 6.45) is 6.42. The molecular weight excluding hydrogens is 255 g/mol. The molecule has 1 aliphatic carbocycles. The number of aliphatic hydroxyl groups excluding tert-OH is 1. The molecular formula is C17H21FO2. The molecule has 1 heterocycles. The molecule has 2 nitrogen and oxygen atoms in total. The molecule has 1 saturated carbocycles. The molecule has 1 fully saturated rings. The van der Waals surface area contributed by atoms with Gasteiger partial charge in [0, 0.05) is 10.9 Å². The minimum Gasteiger partial charge on any atom is -0.458 e. The average Bonchev–Trinajstić information content (AvgIpc) is 2.77. The maximum absolute atomic E-state index is 13.3. The zero-order valence-corrected chi connectivity index (χ0v) is 11.9. The molecule has 1 aromatic heterocycles. The third kappa shape index (κ3) is 2.59. The van der Waals surface area contributed by atoms with Crippen LogP contribution in [0.3, 0.4) is 0 Å². The molecule has 0 spiro atoms. The summed E-state index contributed by atoms with van der Waals surface area (Å²) in [5, 5.41) is 11.2. The van der Waals surface area contributed by atoms with Crippen LogP contribution >= 0.6 is 0 Å². The summed E-state index contributed by atoms with van der Waals surface area (Å²) in [7, 11) is 0. The van der Waals surface area contributed by atoms with E-state index in [1.165, 1.54) is 44.2 Å². The third-order valence-corrected chi connectivity index (χ3v) is 4.52. The van der Waals surface area contributed by atoms with Crippen molar-refractivity contribution in [2.45, 2.75) is 51.6 Å². The van der Waals surface area contributed by atoms with Crippen LogP contribution in [0.25, 0.3) is 11.0 Å². The summed E-state index contributed by atoms with van der Waals surface area (Å²) in [5.41, 5.74) is 1.52. The highest BCUT2D eigenvalue weighted by atomic mass is 19.1. The largest absolute Gasteiger partial charge is 0.458 e. The molecule has 0 aliphatic heterocycles. The van der Waals surface area contributed by atoms with Crippen LogP contribution in [0.1, 0.15) is 56.0 Å². The monoisotopic (exact) mass is 276 g/mol. The van der Waals surface area contributed by atoms with E-state index in [1.807, 2.05) is 6.92 Å². The smallest absolute Gasteiger partial charge is 0.136 e. The first-order valence-electron chi connectivity index (χ1n) is 7.52. The summed E-state index contributed by atoms with van der Waals surface area (Å²) in [6.45, 7) is 1.89. The molecule has 1 atom stereocenters. The predicted octanol–water partition coefficient (Wildman–Crippen LogP) is 4.88. The Balaban J connectivity index is 1.83. The Morgan fingerprint density at radius 3 is 2.80 bits per heavy atom. The minimum atomic E-state index is -0.575. The molecule has 1 N–H and O–H groups in total. The van der Waals surface area contributed by atoms with Crippen molar-refractivity contribution in [3.8, 4) is 0 Å². The van der Waals surface area contributed by atoms with Gasteiger partial charge in [-0.05, 0) is 37.5 Å². The Labute approximate surface area is 118 Å². The number of aryl methyl sites for hydroxylation is 1. The fraction of sp³-hybridized carbons (Fsp3) is 0.529. The molecule has 3 rings (SSSR count). The van der Waals surface area contributed by atoms with Crippen LogP contribution in [-0.4, -0.2) is 5.11 Å². The highest BCUT2D eigenvalue weighted by Gasteiger charge is 2.23. The van der Waals surface area contributed by atoms with Crippen molar-refractivity contribution in [2.75, 3.05) is 0 Å². The van der Waals surface area contributed by atoms with E-state index < -0.39 is 6.10 Å². The second kappa shape index (κ2) is 5.57. The lowest BCUT2D eigenvalue weighted by Gasteiger charge is -2.23. The number of fused-ring (bicyclic) bond motifs is 1. The highest BCUT2D eigenvalue weighted by molar-refractivity contribution is 5.82. The SMILES string of the molecule is Cc1c(C(O)CC2CCCCC2)oc2ccc(F)cc12. The van der Waals surface area contributed by atoms with Crippen molar-refractivity contribution in [2.24, 2.45) is 5.92 Å². The van der Waals surface area contributed by atoms with Crippen molar-refractivity contribution >= 4 is 11.0 Å². The van der Waals surface area contributed by atoms with E-state index in [1.54, 1.807) is 6.07 Å². The molecule has 0 amide bonds. The zero-order valence-electron chi connectivity index (χ0n) is 11.9. The van der Waals surface area contributed by atoms with Gasteiger partial charge in [0.1, 0.15) is 23.3 Å². The van der Waals surface area contributed by atoms with Crippen LogP contribution in [0.4, 0.5) is 4.39 Å². The number of hydrogen-bond donors (Lipinski definition) is 1. The van der Waals surface area contributed by atoms with Gasteiger partial charge in [0.05, 0.1) is 0 Å². The predicted molar refractivity (Wildman–Crippen MR) is 77.1 cm³/mol. The fourth-order valence-corrected chi connectivity index (χ4v) is 3.38. The van der Waals surface area contributed by atoms with E-state index >= 15 is 0 Å². The molecule has 0 bridgehead atoms. The standard InChI is InChI=1S/C17H21FO2/c1-11-14-10-13(18)7-8-16(14)20-17(11)15(19)9-12-5-3-2-4-6-12/h7-8,10,12,15,19H,2-6,9H2,1H3. The van der Waals surface area contributed by atoms with Crippen LogP contribution in [0.2, 0.25) is 0 Å². The highest BCUT2D eigenvalue weighted by Crippen LogP contribution is 2.36. The lowest BCUT2D eigenvalue weighted by molar-refractivity contribution is 0.110. The normalized spacial score (nSPS) is 18.6. The number of benzene rings is 1. The minimum absolute atomic E-state index is 0.269. The quantitative estimate of drug-likeness (QED) is 0.866. The Kier molecular flexibility index (Phi) is 3.79. The van der Waals surface area contributed by atoms with E-state index in [4.69, 9.17) is 4.42 Å². The van der Waals surface area contributed by atoms with Gasteiger partial charge in [-0.1, -0.05) is 32.1 Å². The van der Waals surface area contributed by atoms with Crippen LogP contribution in [0.5, 0.6) is 0 Å². The van der Waals surface area contributed by atoms with E-state index in [9.17, 15) is 9.50 Å². The molecule has 1 aliphatic rings. The Morgan fingerprint density at radius 2 is 2.05 bits per heavy atom. The molecule has 0 radical (unpaired) electrons. The number of hydrogen-bond acceptors (Lipinski definition) is 2. The first kappa shape index (κ1) is 13.6. The first-order valence-corrected chi connectivity index (χ1v) is 7.52. The van der Waals surface area contributed by atoms with E-state index in [-0.39, 0.29) is 5.82 Å². The van der Waals surface area contributed by atoms with Crippen LogP contribution in [0.15, 0.2) is 22.6 Å². The van der Waals surface area contributed by atoms with Crippen molar-refractivity contribution < 1.29 is 13.9 Å². The van der Waals surface area contributed by atoms with E-state index in [2.05, 4.69) is 0 Å². The zero-order chi connectivity index (χ0) is 14.1. The molecule has 3 heteroatoms. The Bertz CT molecular complexity index is 596. The number of halogens is 1. The van der Waals surface area contributed by atoms with E-state index in [0.717, 1.165) is 17.4 Å². The van der Waals surface area contributed by atoms with Crippen LogP contribution in [0, 0.1) is 18.7 Å². The third-order valence-electron chi connectivity index (χ3n) is 4.52. The topological polar surface area (TPSA) is 33.4 Å². The van der Waals surface area contributed by atoms with Crippen molar-refractivity contribution in [1.29, 1.82) is 0 Å². The van der Waals surface area contributed by atoms with Crippen LogP contribution in [-0.2, 0) is 0 Å². The fourth-order valence-electron chi connectivity index (χ4n) is 3.38. The molecule has 20 heavy (non-hydrogen) atoms. The van der Waals surface area contributed by atoms with Gasteiger partial charge in [0.15, 0.2) is 0 Å². The Morgan fingerprint density at radius 1 is 1.30 bits per heavy atom. The maximum Gasteiger partial charge on any atom is 0.136 e. The second-order valence-electron chi connectivity index (χ2n) is 5.99. The van der Waals surface area contributed by atoms with Crippen molar-refractivity contribution in [3.05, 3.63) is 35.3 Å². The summed E-state index contributed by atoms with van der Waals surface area (Å²) >= 11 is 0. The maximum atomic E-state index is 13.3. The van der Waals surface area contributed by atoms with Gasteiger partial charge in [-0.2, -0.15) is 0 Å². The molecule has 108 valence electrons. The van der Waals surface area contributed by atoms with Gasteiger partial charge in [0.2, 0.25) is 0 Å². The van der Waals surface area contributed by atoms with Gasteiger partial charge in [0.25, 0.3) is 0 Å². The lowest BCUT2D eigenvalue weighted by Crippen LogP contribution is -2.11. The summed E-state index contributed by atoms with van der Waals surface area (Å²) in [6, 6.07) is 4.50. The van der Waals surface area contributed by atoms with Crippen molar-refractivity contribution in [1.82, 2.24) is 0 Å². The number of furan rings is 1. The van der Waals surface area contributed by atoms with Crippen LogP contribution < -0.4 is 0 Å². The van der Waals surface area contributed by atoms with Crippen molar-refractivity contribution in [3.63, 3.8) is 0 Å². The van der Waals surface area contributed by atoms with Gasteiger partial charge in [-0.3, -0.25) is 0 Å². The number of aliphatic hydroxyl groups is 1. The lowest BCUT2D eigenvalue weighted by atomic mass is 9.85. The summed E-state index contributed by atoms with van der Waals surface area (Å²) < 4.78 is 19.0. The molecule has 2 aromatic rings. The average molecular weight is 276 g/mol. The first-order chi connectivity index (χ1) is 9.65.